The van der Waals surface area contributed by atoms with Gasteiger partial charge in [0.2, 0.25) is 0 Å². The zero-order chi connectivity index (χ0) is 20.2. The molecular formula is C21H28N2O3S. The van der Waals surface area contributed by atoms with Gasteiger partial charge in [0.1, 0.15) is 0 Å². The van der Waals surface area contributed by atoms with Gasteiger partial charge in [-0.15, -0.1) is 0 Å². The maximum atomic E-state index is 12.6. The third-order valence-electron chi connectivity index (χ3n) is 4.52. The van der Waals surface area contributed by atoms with Crippen LogP contribution in [0.25, 0.3) is 0 Å². The van der Waals surface area contributed by atoms with E-state index in [4.69, 9.17) is 0 Å². The van der Waals surface area contributed by atoms with Gasteiger partial charge in [0, 0.05) is 11.6 Å². The standard InChI is InChI=1S/C21H28N2O3S/c1-14(2)20(15(3)4)22-21(24)17-11-12-19(16(5)13-17)23-27(25,26)18-9-7-6-8-10-18/h6-15,20,23H,1-5H3,(H,22,24). The van der Waals surface area contributed by atoms with Crippen molar-refractivity contribution < 1.29 is 13.2 Å². The zero-order valence-corrected chi connectivity index (χ0v) is 17.3. The van der Waals surface area contributed by atoms with Crippen molar-refractivity contribution in [3.63, 3.8) is 0 Å². The van der Waals surface area contributed by atoms with Crippen LogP contribution in [0.3, 0.4) is 0 Å². The molecule has 0 radical (unpaired) electrons. The van der Waals surface area contributed by atoms with E-state index >= 15 is 0 Å². The molecule has 5 nitrogen and oxygen atoms in total. The molecule has 146 valence electrons. The van der Waals surface area contributed by atoms with Crippen molar-refractivity contribution >= 4 is 21.6 Å². The second-order valence-corrected chi connectivity index (χ2v) is 9.12. The monoisotopic (exact) mass is 388 g/mol. The molecular weight excluding hydrogens is 360 g/mol. The van der Waals surface area contributed by atoms with E-state index in [1.165, 1.54) is 12.1 Å². The van der Waals surface area contributed by atoms with Crippen LogP contribution in [0.2, 0.25) is 0 Å². The Morgan fingerprint density at radius 1 is 0.926 bits per heavy atom. The van der Waals surface area contributed by atoms with Crippen LogP contribution in [0.5, 0.6) is 0 Å². The average Bonchev–Trinajstić information content (AvgIpc) is 2.61. The summed E-state index contributed by atoms with van der Waals surface area (Å²) in [4.78, 5) is 12.8. The van der Waals surface area contributed by atoms with E-state index in [0.29, 0.717) is 28.7 Å². The van der Waals surface area contributed by atoms with Gasteiger partial charge in [0.05, 0.1) is 10.6 Å². The summed E-state index contributed by atoms with van der Waals surface area (Å²) in [5.74, 6) is 0.502. The predicted octanol–water partition coefficient (Wildman–Crippen LogP) is 4.21. The van der Waals surface area contributed by atoms with Crippen molar-refractivity contribution in [1.82, 2.24) is 5.32 Å². The smallest absolute Gasteiger partial charge is 0.261 e. The quantitative estimate of drug-likeness (QED) is 0.746. The van der Waals surface area contributed by atoms with E-state index in [-0.39, 0.29) is 16.8 Å². The first-order valence-corrected chi connectivity index (χ1v) is 10.6. The summed E-state index contributed by atoms with van der Waals surface area (Å²) < 4.78 is 27.5. The van der Waals surface area contributed by atoms with Gasteiger partial charge in [-0.2, -0.15) is 0 Å². The first-order chi connectivity index (χ1) is 12.6. The predicted molar refractivity (Wildman–Crippen MR) is 109 cm³/mol. The molecule has 2 aromatic carbocycles. The van der Waals surface area contributed by atoms with Crippen LogP contribution in [0.15, 0.2) is 53.4 Å². The maximum absolute atomic E-state index is 12.6. The fourth-order valence-corrected chi connectivity index (χ4v) is 4.21. The molecule has 27 heavy (non-hydrogen) atoms. The van der Waals surface area contributed by atoms with Crippen LogP contribution in [-0.2, 0) is 10.0 Å². The summed E-state index contributed by atoms with van der Waals surface area (Å²) in [6.07, 6.45) is 0. The Bertz CT molecular complexity index is 883. The molecule has 0 bridgehead atoms. The summed E-state index contributed by atoms with van der Waals surface area (Å²) in [5.41, 5.74) is 1.66. The fraction of sp³-hybridized carbons (Fsp3) is 0.381. The third-order valence-corrected chi connectivity index (χ3v) is 5.90. The van der Waals surface area contributed by atoms with Gasteiger partial charge in [-0.1, -0.05) is 45.9 Å². The van der Waals surface area contributed by atoms with Crippen LogP contribution < -0.4 is 10.0 Å². The molecule has 0 heterocycles. The minimum absolute atomic E-state index is 0.0778. The summed E-state index contributed by atoms with van der Waals surface area (Å²) in [5, 5.41) is 3.08. The Kier molecular flexibility index (Phi) is 6.65. The molecule has 0 saturated carbocycles. The highest BCUT2D eigenvalue weighted by atomic mass is 32.2. The van der Waals surface area contributed by atoms with E-state index in [2.05, 4.69) is 37.7 Å². The minimum atomic E-state index is -3.66. The van der Waals surface area contributed by atoms with Crippen LogP contribution >= 0.6 is 0 Å². The topological polar surface area (TPSA) is 75.3 Å². The molecule has 2 aromatic rings. The van der Waals surface area contributed by atoms with E-state index in [9.17, 15) is 13.2 Å². The third kappa shape index (κ3) is 5.32. The molecule has 0 fully saturated rings. The molecule has 0 aliphatic rings. The summed E-state index contributed by atoms with van der Waals surface area (Å²) >= 11 is 0. The van der Waals surface area contributed by atoms with Crippen molar-refractivity contribution in [3.8, 4) is 0 Å². The average molecular weight is 389 g/mol. The second kappa shape index (κ2) is 8.57. The Hall–Kier alpha value is -2.34. The van der Waals surface area contributed by atoms with Gasteiger partial charge >= 0.3 is 0 Å². The number of carbonyl (C=O) groups excluding carboxylic acids is 1. The molecule has 1 amide bonds. The van der Waals surface area contributed by atoms with Gasteiger partial charge in [0.25, 0.3) is 15.9 Å². The number of carbonyl (C=O) groups is 1. The van der Waals surface area contributed by atoms with Gasteiger partial charge in [0.15, 0.2) is 0 Å². The molecule has 2 N–H and O–H groups in total. The lowest BCUT2D eigenvalue weighted by atomic mass is 9.93. The number of benzene rings is 2. The molecule has 6 heteroatoms. The lowest BCUT2D eigenvalue weighted by molar-refractivity contribution is 0.0910. The van der Waals surface area contributed by atoms with Crippen LogP contribution in [0.1, 0.15) is 43.6 Å². The molecule has 0 aromatic heterocycles. The number of hydrogen-bond acceptors (Lipinski definition) is 3. The van der Waals surface area contributed by atoms with Gasteiger partial charge in [-0.3, -0.25) is 9.52 Å². The van der Waals surface area contributed by atoms with Crippen molar-refractivity contribution in [3.05, 3.63) is 59.7 Å². The summed E-state index contributed by atoms with van der Waals surface area (Å²) in [6, 6.07) is 13.2. The largest absolute Gasteiger partial charge is 0.349 e. The number of anilines is 1. The van der Waals surface area contributed by atoms with Crippen LogP contribution in [0, 0.1) is 18.8 Å². The van der Waals surface area contributed by atoms with Crippen molar-refractivity contribution in [2.24, 2.45) is 11.8 Å². The van der Waals surface area contributed by atoms with Crippen molar-refractivity contribution in [1.29, 1.82) is 0 Å². The molecule has 0 atom stereocenters. The summed E-state index contributed by atoms with van der Waals surface area (Å²) in [6.45, 7) is 10.1. The van der Waals surface area contributed by atoms with E-state index in [1.54, 1.807) is 43.3 Å². The molecule has 0 saturated heterocycles. The first-order valence-electron chi connectivity index (χ1n) is 9.11. The highest BCUT2D eigenvalue weighted by Gasteiger charge is 2.21. The Labute approximate surface area is 162 Å². The molecule has 0 aliphatic heterocycles. The lowest BCUT2D eigenvalue weighted by Crippen LogP contribution is -2.42. The second-order valence-electron chi connectivity index (χ2n) is 7.44. The van der Waals surface area contributed by atoms with Gasteiger partial charge in [-0.05, 0) is 54.7 Å². The summed E-state index contributed by atoms with van der Waals surface area (Å²) in [7, 11) is -3.66. The highest BCUT2D eigenvalue weighted by molar-refractivity contribution is 7.92. The number of rotatable bonds is 7. The van der Waals surface area contributed by atoms with Crippen molar-refractivity contribution in [2.45, 2.75) is 45.6 Å². The normalized spacial score (nSPS) is 11.9. The van der Waals surface area contributed by atoms with E-state index in [0.717, 1.165) is 0 Å². The fourth-order valence-electron chi connectivity index (χ4n) is 3.06. The first kappa shape index (κ1) is 21.0. The molecule has 0 unspecified atom stereocenters. The zero-order valence-electron chi connectivity index (χ0n) is 16.5. The Morgan fingerprint density at radius 3 is 2.04 bits per heavy atom. The highest BCUT2D eigenvalue weighted by Crippen LogP contribution is 2.21. The number of amides is 1. The number of sulfonamides is 1. The maximum Gasteiger partial charge on any atom is 0.261 e. The Morgan fingerprint density at radius 2 is 1.52 bits per heavy atom. The number of nitrogens with one attached hydrogen (secondary N) is 2. The van der Waals surface area contributed by atoms with E-state index in [1.807, 2.05) is 0 Å². The SMILES string of the molecule is Cc1cc(C(=O)NC(C(C)C)C(C)C)ccc1NS(=O)(=O)c1ccccc1. The van der Waals surface area contributed by atoms with Crippen molar-refractivity contribution in [2.75, 3.05) is 4.72 Å². The van der Waals surface area contributed by atoms with Gasteiger partial charge < -0.3 is 5.32 Å². The van der Waals surface area contributed by atoms with E-state index < -0.39 is 10.0 Å². The Balaban J connectivity index is 2.19. The number of hydrogen-bond donors (Lipinski definition) is 2. The van der Waals surface area contributed by atoms with Gasteiger partial charge in [-0.25, -0.2) is 8.42 Å². The number of aryl methyl sites for hydroxylation is 1. The van der Waals surface area contributed by atoms with Crippen LogP contribution in [0.4, 0.5) is 5.69 Å². The van der Waals surface area contributed by atoms with Crippen LogP contribution in [-0.4, -0.2) is 20.4 Å². The lowest BCUT2D eigenvalue weighted by Gasteiger charge is -2.26. The minimum Gasteiger partial charge on any atom is -0.349 e. The molecule has 2 rings (SSSR count). The molecule has 0 aliphatic carbocycles. The molecule has 0 spiro atoms.